The van der Waals surface area contributed by atoms with Gasteiger partial charge in [0.1, 0.15) is 5.69 Å². The molecule has 3 heterocycles. The summed E-state index contributed by atoms with van der Waals surface area (Å²) in [5, 5.41) is 22.9. The third kappa shape index (κ3) is 25.9. The van der Waals surface area contributed by atoms with Crippen molar-refractivity contribution in [3.8, 4) is 0 Å². The van der Waals surface area contributed by atoms with Gasteiger partial charge in [-0.05, 0) is 94.4 Å². The van der Waals surface area contributed by atoms with Gasteiger partial charge in [-0.3, -0.25) is 61.8 Å². The van der Waals surface area contributed by atoms with Gasteiger partial charge in [0, 0.05) is 112 Å². The summed E-state index contributed by atoms with van der Waals surface area (Å²) in [7, 11) is -18.0. The molecule has 2 aliphatic carbocycles. The molecule has 3 aliphatic rings. The second kappa shape index (κ2) is 33.3. The molecule has 3 unspecified atom stereocenters. The zero-order chi connectivity index (χ0) is 63.5. The van der Waals surface area contributed by atoms with Crippen LogP contribution in [0, 0.1) is 5.92 Å². The minimum Gasteiger partial charge on any atom is -0.398 e. The van der Waals surface area contributed by atoms with Gasteiger partial charge in [-0.2, -0.15) is 0 Å². The van der Waals surface area contributed by atoms with Crippen LogP contribution in [0.1, 0.15) is 80.7 Å². The van der Waals surface area contributed by atoms with Gasteiger partial charge in [-0.15, -0.1) is 5.10 Å². The lowest BCUT2D eigenvalue weighted by Gasteiger charge is -2.36. The number of nitrogens with one attached hydrogen (secondary N) is 5. The molecule has 87 heavy (non-hydrogen) atoms. The fourth-order valence-corrected chi connectivity index (χ4v) is 12.8. The molecule has 6 amide bonds. The highest BCUT2D eigenvalue weighted by Gasteiger charge is 2.34. The van der Waals surface area contributed by atoms with Crippen LogP contribution in [-0.4, -0.2) is 231 Å². The molecule has 36 heteroatoms. The van der Waals surface area contributed by atoms with E-state index >= 15 is 0 Å². The molecule has 0 radical (unpaired) electrons. The molecule has 1 fully saturated rings. The lowest BCUT2D eigenvalue weighted by molar-refractivity contribution is -0.128. The van der Waals surface area contributed by atoms with E-state index in [9.17, 15) is 81.4 Å². The second-order valence-corrected chi connectivity index (χ2v) is 29.8. The van der Waals surface area contributed by atoms with Crippen molar-refractivity contribution in [1.29, 1.82) is 0 Å². The van der Waals surface area contributed by atoms with Gasteiger partial charge in [0.15, 0.2) is 0 Å². The monoisotopic (exact) mass is 1320 g/mol. The van der Waals surface area contributed by atoms with Crippen LogP contribution in [-0.2, 0) is 56.9 Å². The van der Waals surface area contributed by atoms with Gasteiger partial charge >= 0.3 is 36.4 Å². The molecular weight excluding hydrogens is 1240 g/mol. The number of hydrogen-bond acceptors (Lipinski definition) is 16. The molecule has 15 N–H and O–H groups in total. The number of carbonyl (C=O) groups excluding carboxylic acids is 5. The van der Waals surface area contributed by atoms with E-state index in [1.54, 1.807) is 25.6 Å². The Morgan fingerprint density at radius 1 is 0.690 bits per heavy atom. The van der Waals surface area contributed by atoms with Crippen LogP contribution in [0.25, 0.3) is 10.9 Å². The highest BCUT2D eigenvalue weighted by Crippen LogP contribution is 2.47. The molecule has 1 saturated heterocycles. The highest BCUT2D eigenvalue weighted by atomic mass is 35.5. The maximum atomic E-state index is 14.2. The summed E-state index contributed by atoms with van der Waals surface area (Å²) in [6.45, 7) is -1.08. The Morgan fingerprint density at radius 2 is 1.29 bits per heavy atom. The number of anilines is 1. The van der Waals surface area contributed by atoms with Crippen molar-refractivity contribution >= 4 is 88.2 Å². The number of hydrogen-bond donors (Lipinski definition) is 14. The first kappa shape index (κ1) is 71.3. The van der Waals surface area contributed by atoms with Gasteiger partial charge in [0.05, 0.1) is 62.0 Å². The third-order valence-corrected chi connectivity index (χ3v) is 18.6. The summed E-state index contributed by atoms with van der Waals surface area (Å²) in [4.78, 5) is 155. The van der Waals surface area contributed by atoms with Crippen molar-refractivity contribution in [3.63, 3.8) is 0 Å². The van der Waals surface area contributed by atoms with Gasteiger partial charge in [0.25, 0.3) is 0 Å². The number of carbonyl (C=O) groups is 5. The minimum atomic E-state index is -4.56. The number of aryl methyl sites for hydroxylation is 1. The highest BCUT2D eigenvalue weighted by molar-refractivity contribution is 7.52. The summed E-state index contributed by atoms with van der Waals surface area (Å²) in [5.41, 5.74) is 12.5. The van der Waals surface area contributed by atoms with Crippen molar-refractivity contribution in [2.45, 2.75) is 89.3 Å². The Balaban J connectivity index is 1.11. The summed E-state index contributed by atoms with van der Waals surface area (Å²) >= 11 is 6.26. The van der Waals surface area contributed by atoms with Gasteiger partial charge in [0.2, 0.25) is 23.6 Å². The second-order valence-electron chi connectivity index (χ2n) is 22.3. The molecule has 1 aromatic carbocycles. The Bertz CT molecular complexity index is 3090. The van der Waals surface area contributed by atoms with Crippen LogP contribution < -0.4 is 32.3 Å². The van der Waals surface area contributed by atoms with Crippen LogP contribution >= 0.6 is 42.0 Å². The number of nitrogen functional groups attached to an aromatic ring is 1. The SMILES string of the molecule is Nc1c2c(nc3cc(Cl)ccc13)CC1C=C(CCCCn3cc(CNC(=O)CCC(C(=O)NCCP(=O)(O)O)N4CCCN(CC(=O)NCCP(=O)(O)O)CCN(C(=O)NCCP(=O)(O)O)CCCN(CC(=O)NCCP(=O)(O)O)CC4)nn3)CC2C1. The number of rotatable bonds is 28. The average Bonchev–Trinajstić information content (AvgIpc) is 3.85. The summed E-state index contributed by atoms with van der Waals surface area (Å²) in [5.74, 6) is -1.64. The molecule has 486 valence electrons. The molecule has 0 spiro atoms. The Hall–Kier alpha value is -4.77. The van der Waals surface area contributed by atoms with Crippen LogP contribution in [0.15, 0.2) is 36.0 Å². The maximum absolute atomic E-state index is 14.2. The number of nitrogens with zero attached hydrogens (tertiary/aromatic N) is 8. The number of urea groups is 1. The van der Waals surface area contributed by atoms with Crippen LogP contribution in [0.4, 0.5) is 10.5 Å². The largest absolute Gasteiger partial charge is 0.398 e. The molecular formula is C51H83ClN14O17P4. The van der Waals surface area contributed by atoms with Gasteiger partial charge < -0.3 is 76.4 Å². The fraction of sp³-hybridized carbons (Fsp3) is 0.647. The van der Waals surface area contributed by atoms with Crippen LogP contribution in [0.5, 0.6) is 0 Å². The normalized spacial score (nSPS) is 18.4. The van der Waals surface area contributed by atoms with E-state index < -0.39 is 97.3 Å². The van der Waals surface area contributed by atoms with E-state index in [0.29, 0.717) is 29.1 Å². The quantitative estimate of drug-likeness (QED) is 0.0266. The standard InChI is InChI=1S/C51H83ClN14O17P4/c52-39-6-7-41-42(31-39)59-43-30-37-27-36(28-38(29-37)48(43)49(41)53)5-1-2-18-66-33-40(60-61-66)32-58-45(67)9-8-44(50(70)56-12-25-86(78,79)80)64-16-3-14-63(35-47(69)55-11-24-85(75,76)77)20-22-65(51(71)57-13-26-87(81,82)83)17-4-15-62(19-21-64)34-46(68)54-10-23-84(72,73)74/h6-7,27,31,33,37-38,44H,1-5,8-26,28-30,32,34-35H2,(H2,53,59)(H,54,68)(H,55,69)(H,56,70)(H,57,71)(H,58,67)(H2,72,73,74)(H2,75,76,77)(H2,78,79,80)(H2,81,82,83). The van der Waals surface area contributed by atoms with Gasteiger partial charge in [-0.25, -0.2) is 4.79 Å². The fourth-order valence-electron chi connectivity index (χ4n) is 11.0. The molecule has 0 saturated carbocycles. The predicted octanol–water partition coefficient (Wildman–Crippen LogP) is 0.444. The number of benzene rings is 1. The number of aromatic nitrogens is 4. The lowest BCUT2D eigenvalue weighted by Crippen LogP contribution is -2.52. The van der Waals surface area contributed by atoms with Crippen molar-refractivity contribution in [2.24, 2.45) is 5.92 Å². The third-order valence-electron chi connectivity index (χ3n) is 15.2. The first-order chi connectivity index (χ1) is 41.0. The van der Waals surface area contributed by atoms with E-state index in [1.165, 1.54) is 10.5 Å². The minimum absolute atomic E-state index is 0.0134. The van der Waals surface area contributed by atoms with E-state index in [4.69, 9.17) is 22.3 Å². The van der Waals surface area contributed by atoms with Gasteiger partial charge in [-0.1, -0.05) is 28.5 Å². The zero-order valence-corrected chi connectivity index (χ0v) is 52.7. The summed E-state index contributed by atoms with van der Waals surface area (Å²) < 4.78 is 48.1. The molecule has 6 rings (SSSR count). The number of pyridine rings is 1. The van der Waals surface area contributed by atoms with Crippen LogP contribution in [0.2, 0.25) is 5.02 Å². The van der Waals surface area contributed by atoms with Crippen molar-refractivity contribution < 1.29 is 81.4 Å². The topological polar surface area (TPSA) is 458 Å². The predicted molar refractivity (Wildman–Crippen MR) is 322 cm³/mol. The van der Waals surface area contributed by atoms with E-state index in [0.717, 1.165) is 66.4 Å². The smallest absolute Gasteiger partial charge is 0.327 e. The summed E-state index contributed by atoms with van der Waals surface area (Å²) in [6.07, 6.45) is 7.10. The first-order valence-electron chi connectivity index (χ1n) is 28.9. The Labute approximate surface area is 509 Å². The van der Waals surface area contributed by atoms with E-state index in [-0.39, 0.29) is 117 Å². The number of fused-ring (bicyclic) bond motifs is 5. The number of unbranched alkanes of at least 4 members (excludes halogenated alkanes) is 1. The van der Waals surface area contributed by atoms with Crippen LogP contribution in [0.3, 0.4) is 0 Å². The average molecular weight is 1320 g/mol. The number of amides is 6. The van der Waals surface area contributed by atoms with Crippen molar-refractivity contribution in [2.75, 3.05) is 122 Å². The molecule has 31 nitrogen and oxygen atoms in total. The molecule has 2 aromatic heterocycles. The number of nitrogens with two attached hydrogens (primary N) is 1. The van der Waals surface area contributed by atoms with Crippen molar-refractivity contribution in [1.82, 2.24) is 66.2 Å². The van der Waals surface area contributed by atoms with E-state index in [1.807, 2.05) is 18.2 Å². The molecule has 3 aromatic rings. The first-order valence-corrected chi connectivity index (χ1v) is 36.5. The zero-order valence-electron chi connectivity index (χ0n) is 48.4. The molecule has 2 bridgehead atoms. The Morgan fingerprint density at radius 3 is 1.92 bits per heavy atom. The van der Waals surface area contributed by atoms with E-state index in [2.05, 4.69) is 43.0 Å². The lowest BCUT2D eigenvalue weighted by atomic mass is 9.70. The van der Waals surface area contributed by atoms with Crippen molar-refractivity contribution in [3.05, 3.63) is 58.0 Å². The maximum Gasteiger partial charge on any atom is 0.327 e. The molecule has 3 atom stereocenters. The number of allylic oxidation sites excluding steroid dienone is 2. The number of halogens is 1. The summed E-state index contributed by atoms with van der Waals surface area (Å²) in [6, 6.07) is 3.82. The molecule has 1 aliphatic heterocycles. The Kier molecular flexibility index (Phi) is 27.3.